The van der Waals surface area contributed by atoms with Crippen molar-refractivity contribution < 1.29 is 4.74 Å². The van der Waals surface area contributed by atoms with E-state index in [0.29, 0.717) is 0 Å². The molecule has 0 spiro atoms. The van der Waals surface area contributed by atoms with Crippen LogP contribution >= 0.6 is 0 Å². The van der Waals surface area contributed by atoms with E-state index in [1.54, 1.807) is 0 Å². The molecular formula is C45H29N3O. The zero-order valence-electron chi connectivity index (χ0n) is 26.5. The molecule has 0 saturated heterocycles. The third-order valence-corrected chi connectivity index (χ3v) is 9.55. The first-order valence-electron chi connectivity index (χ1n) is 16.6. The summed E-state index contributed by atoms with van der Waals surface area (Å²) in [5.41, 5.74) is 9.48. The number of para-hydroxylation sites is 4. The normalized spacial score (nSPS) is 12.2. The number of aromatic nitrogens is 2. The summed E-state index contributed by atoms with van der Waals surface area (Å²) in [6, 6.07) is 61.9. The van der Waals surface area contributed by atoms with Crippen molar-refractivity contribution in [1.82, 2.24) is 9.55 Å². The topological polar surface area (TPSA) is 30.3 Å². The summed E-state index contributed by atoms with van der Waals surface area (Å²) < 4.78 is 8.74. The second kappa shape index (κ2) is 11.0. The van der Waals surface area contributed by atoms with Gasteiger partial charge in [0.1, 0.15) is 5.82 Å². The van der Waals surface area contributed by atoms with Crippen LogP contribution in [0.2, 0.25) is 0 Å². The Balaban J connectivity index is 1.31. The molecule has 0 N–H and O–H groups in total. The highest BCUT2D eigenvalue weighted by Crippen LogP contribution is 2.51. The summed E-state index contributed by atoms with van der Waals surface area (Å²) in [4.78, 5) is 7.74. The number of benzene rings is 7. The van der Waals surface area contributed by atoms with Crippen molar-refractivity contribution in [3.8, 4) is 39.7 Å². The molecule has 10 rings (SSSR count). The zero-order valence-corrected chi connectivity index (χ0v) is 26.5. The Kier molecular flexibility index (Phi) is 6.15. The lowest BCUT2D eigenvalue weighted by Crippen LogP contribution is -2.16. The lowest BCUT2D eigenvalue weighted by molar-refractivity contribution is 0.477. The van der Waals surface area contributed by atoms with Crippen LogP contribution in [0, 0.1) is 0 Å². The Labute approximate surface area is 283 Å². The van der Waals surface area contributed by atoms with E-state index in [9.17, 15) is 0 Å². The van der Waals surface area contributed by atoms with E-state index >= 15 is 0 Å². The van der Waals surface area contributed by atoms with Crippen molar-refractivity contribution in [2.24, 2.45) is 0 Å². The van der Waals surface area contributed by atoms with Crippen LogP contribution < -0.4 is 9.64 Å². The fourth-order valence-corrected chi connectivity index (χ4v) is 7.33. The maximum absolute atomic E-state index is 6.40. The van der Waals surface area contributed by atoms with Gasteiger partial charge in [-0.1, -0.05) is 127 Å². The fraction of sp³-hybridized carbons (Fsp3) is 0. The molecule has 1 aliphatic heterocycles. The van der Waals surface area contributed by atoms with Crippen LogP contribution in [0.25, 0.3) is 60.8 Å². The van der Waals surface area contributed by atoms with Crippen LogP contribution in [0.1, 0.15) is 0 Å². The molecule has 0 bridgehead atoms. The number of hydrogen-bond acceptors (Lipinski definition) is 3. The molecule has 230 valence electrons. The molecule has 4 heteroatoms. The van der Waals surface area contributed by atoms with Gasteiger partial charge in [-0.15, -0.1) is 0 Å². The molecule has 0 aliphatic carbocycles. The minimum Gasteiger partial charge on any atom is -0.453 e. The summed E-state index contributed by atoms with van der Waals surface area (Å²) in [6.07, 6.45) is 0. The average molecular weight is 628 g/mol. The molecule has 7 aromatic carbocycles. The SMILES string of the molecule is c1ccc(-c2ccc3c4c5ccccc5ccc4n(-c4cc(N5c6ccccc6Oc6ccccc65)cc(-c5ccccc5)n4)c3c2)cc1. The molecule has 0 fully saturated rings. The molecule has 0 saturated carbocycles. The molecule has 3 heterocycles. The first-order chi connectivity index (χ1) is 24.3. The van der Waals surface area contributed by atoms with Crippen LogP contribution in [0.3, 0.4) is 0 Å². The van der Waals surface area contributed by atoms with E-state index in [1.807, 2.05) is 30.3 Å². The quantitative estimate of drug-likeness (QED) is 0.194. The van der Waals surface area contributed by atoms with Gasteiger partial charge in [-0.3, -0.25) is 4.57 Å². The Hall–Kier alpha value is -6.65. The highest BCUT2D eigenvalue weighted by Gasteiger charge is 2.27. The molecule has 0 amide bonds. The number of ether oxygens (including phenoxy) is 1. The van der Waals surface area contributed by atoms with E-state index < -0.39 is 0 Å². The summed E-state index contributed by atoms with van der Waals surface area (Å²) in [5, 5.41) is 4.87. The molecule has 2 aromatic heterocycles. The minimum atomic E-state index is 0.816. The maximum atomic E-state index is 6.40. The fourth-order valence-electron chi connectivity index (χ4n) is 7.33. The summed E-state index contributed by atoms with van der Waals surface area (Å²) in [6.45, 7) is 0. The number of fused-ring (bicyclic) bond motifs is 7. The zero-order chi connectivity index (χ0) is 32.3. The highest BCUT2D eigenvalue weighted by molar-refractivity contribution is 6.21. The van der Waals surface area contributed by atoms with Gasteiger partial charge in [0.2, 0.25) is 0 Å². The first-order valence-corrected chi connectivity index (χ1v) is 16.6. The molecule has 4 nitrogen and oxygen atoms in total. The average Bonchev–Trinajstić information content (AvgIpc) is 3.51. The number of pyridine rings is 1. The number of anilines is 3. The van der Waals surface area contributed by atoms with E-state index in [4.69, 9.17) is 9.72 Å². The van der Waals surface area contributed by atoms with Crippen LogP contribution in [-0.4, -0.2) is 9.55 Å². The Morgan fingerprint density at radius 2 is 1.10 bits per heavy atom. The van der Waals surface area contributed by atoms with Gasteiger partial charge in [-0.2, -0.15) is 0 Å². The molecule has 49 heavy (non-hydrogen) atoms. The van der Waals surface area contributed by atoms with E-state index in [-0.39, 0.29) is 0 Å². The molecule has 1 aliphatic rings. The molecular weight excluding hydrogens is 599 g/mol. The Bertz CT molecular complexity index is 2650. The summed E-state index contributed by atoms with van der Waals surface area (Å²) in [5.74, 6) is 2.48. The molecule has 0 radical (unpaired) electrons. The predicted octanol–water partition coefficient (Wildman–Crippen LogP) is 12.2. The predicted molar refractivity (Wildman–Crippen MR) is 202 cm³/mol. The number of nitrogens with zero attached hydrogens (tertiary/aromatic N) is 3. The minimum absolute atomic E-state index is 0.816. The lowest BCUT2D eigenvalue weighted by atomic mass is 10.0. The van der Waals surface area contributed by atoms with Crippen molar-refractivity contribution in [2.45, 2.75) is 0 Å². The van der Waals surface area contributed by atoms with Gasteiger partial charge >= 0.3 is 0 Å². The van der Waals surface area contributed by atoms with Gasteiger partial charge in [0.25, 0.3) is 0 Å². The second-order valence-electron chi connectivity index (χ2n) is 12.4. The largest absolute Gasteiger partial charge is 0.453 e. The molecule has 9 aromatic rings. The van der Waals surface area contributed by atoms with Crippen LogP contribution in [0.15, 0.2) is 176 Å². The third kappa shape index (κ3) is 4.42. The third-order valence-electron chi connectivity index (χ3n) is 9.55. The van der Waals surface area contributed by atoms with Crippen LogP contribution in [0.5, 0.6) is 11.5 Å². The van der Waals surface area contributed by atoms with Gasteiger partial charge in [0.15, 0.2) is 11.5 Å². The van der Waals surface area contributed by atoms with Gasteiger partial charge < -0.3 is 9.64 Å². The Morgan fingerprint density at radius 3 is 1.86 bits per heavy atom. The second-order valence-corrected chi connectivity index (χ2v) is 12.4. The Morgan fingerprint density at radius 1 is 0.449 bits per heavy atom. The van der Waals surface area contributed by atoms with Crippen molar-refractivity contribution in [3.05, 3.63) is 176 Å². The van der Waals surface area contributed by atoms with E-state index in [0.717, 1.165) is 62.2 Å². The lowest BCUT2D eigenvalue weighted by Gasteiger charge is -2.33. The van der Waals surface area contributed by atoms with Gasteiger partial charge in [0.05, 0.1) is 33.8 Å². The van der Waals surface area contributed by atoms with E-state index in [2.05, 4.69) is 155 Å². The van der Waals surface area contributed by atoms with Gasteiger partial charge in [-0.05, 0) is 64.4 Å². The van der Waals surface area contributed by atoms with Crippen molar-refractivity contribution in [1.29, 1.82) is 0 Å². The maximum Gasteiger partial charge on any atom is 0.151 e. The number of rotatable bonds is 4. The highest BCUT2D eigenvalue weighted by atomic mass is 16.5. The monoisotopic (exact) mass is 627 g/mol. The molecule has 0 unspecified atom stereocenters. The van der Waals surface area contributed by atoms with Crippen molar-refractivity contribution >= 4 is 49.6 Å². The number of hydrogen-bond donors (Lipinski definition) is 0. The van der Waals surface area contributed by atoms with Crippen LogP contribution in [-0.2, 0) is 0 Å². The summed E-state index contributed by atoms with van der Waals surface area (Å²) >= 11 is 0. The smallest absolute Gasteiger partial charge is 0.151 e. The van der Waals surface area contributed by atoms with Gasteiger partial charge in [-0.25, -0.2) is 4.98 Å². The summed E-state index contributed by atoms with van der Waals surface area (Å²) in [7, 11) is 0. The van der Waals surface area contributed by atoms with Gasteiger partial charge in [0, 0.05) is 22.4 Å². The molecule has 0 atom stereocenters. The first kappa shape index (κ1) is 27.5. The van der Waals surface area contributed by atoms with Crippen LogP contribution in [0.4, 0.5) is 17.1 Å². The van der Waals surface area contributed by atoms with Crippen molar-refractivity contribution in [2.75, 3.05) is 4.90 Å². The van der Waals surface area contributed by atoms with Crippen molar-refractivity contribution in [3.63, 3.8) is 0 Å². The standard InChI is InChI=1S/C45H29N3O/c1-3-13-30(14-4-1)33-23-25-36-41(27-33)48(40-26-24-31-15-7-8-18-35(31)45(36)40)44-29-34(28-37(46-44)32-16-5-2-6-17-32)47-38-19-9-11-21-42(38)49-43-22-12-10-20-39(43)47/h1-29H. The van der Waals surface area contributed by atoms with E-state index in [1.165, 1.54) is 27.1 Å².